The van der Waals surface area contributed by atoms with Gasteiger partial charge in [0.1, 0.15) is 17.3 Å². The highest BCUT2D eigenvalue weighted by Gasteiger charge is 2.29. The molecule has 1 amide bonds. The van der Waals surface area contributed by atoms with E-state index in [0.29, 0.717) is 11.5 Å². The molecule has 1 saturated heterocycles. The van der Waals surface area contributed by atoms with E-state index in [9.17, 15) is 4.79 Å². The predicted octanol–water partition coefficient (Wildman–Crippen LogP) is 2.37. The van der Waals surface area contributed by atoms with Gasteiger partial charge < -0.3 is 15.4 Å². The van der Waals surface area contributed by atoms with Crippen molar-refractivity contribution >= 4 is 11.7 Å². The van der Waals surface area contributed by atoms with Crippen molar-refractivity contribution in [2.45, 2.75) is 25.3 Å². The molecule has 0 bridgehead atoms. The molecular formula is C16H20N4O2. The second kappa shape index (κ2) is 6.09. The molecule has 0 saturated carbocycles. The summed E-state index contributed by atoms with van der Waals surface area (Å²) >= 11 is 0. The van der Waals surface area contributed by atoms with Gasteiger partial charge in [0.05, 0.1) is 13.2 Å². The van der Waals surface area contributed by atoms with E-state index in [1.165, 1.54) is 0 Å². The second-order valence-corrected chi connectivity index (χ2v) is 5.49. The van der Waals surface area contributed by atoms with Gasteiger partial charge in [-0.15, -0.1) is 0 Å². The van der Waals surface area contributed by atoms with Gasteiger partial charge in [0.25, 0.3) is 5.91 Å². The summed E-state index contributed by atoms with van der Waals surface area (Å²) in [6.07, 6.45) is 3.06. The Morgan fingerprint density at radius 1 is 1.41 bits per heavy atom. The van der Waals surface area contributed by atoms with Crippen LogP contribution in [0.1, 0.15) is 41.4 Å². The van der Waals surface area contributed by atoms with Crippen LogP contribution in [0, 0.1) is 0 Å². The number of aromatic amines is 1. The number of likely N-dealkylation sites (tertiary alicyclic amines) is 1. The normalized spacial score (nSPS) is 18.2. The van der Waals surface area contributed by atoms with Gasteiger partial charge in [0, 0.05) is 12.6 Å². The molecule has 1 fully saturated rings. The molecule has 1 aliphatic heterocycles. The Labute approximate surface area is 129 Å². The fourth-order valence-corrected chi connectivity index (χ4v) is 2.97. The number of nitrogens with two attached hydrogens (primary N) is 1. The van der Waals surface area contributed by atoms with Crippen LogP contribution in [0.4, 0.5) is 5.82 Å². The molecule has 116 valence electrons. The van der Waals surface area contributed by atoms with Crippen LogP contribution in [-0.4, -0.2) is 34.7 Å². The molecule has 1 aromatic carbocycles. The third kappa shape index (κ3) is 2.77. The number of nitrogens with zero attached hydrogens (tertiary/aromatic N) is 2. The van der Waals surface area contributed by atoms with Gasteiger partial charge >= 0.3 is 0 Å². The molecule has 1 aromatic heterocycles. The summed E-state index contributed by atoms with van der Waals surface area (Å²) in [5, 5.41) is 6.55. The maximum absolute atomic E-state index is 12.7. The molecule has 1 atom stereocenters. The molecule has 3 rings (SSSR count). The van der Waals surface area contributed by atoms with Crippen molar-refractivity contribution in [3.63, 3.8) is 0 Å². The number of methoxy groups -OCH3 is 1. The quantitative estimate of drug-likeness (QED) is 0.911. The number of nitrogens with one attached hydrogen (secondary N) is 1. The maximum atomic E-state index is 12.7. The molecule has 2 aromatic rings. The van der Waals surface area contributed by atoms with E-state index in [4.69, 9.17) is 10.5 Å². The lowest BCUT2D eigenvalue weighted by atomic mass is 9.94. The van der Waals surface area contributed by atoms with E-state index in [1.807, 2.05) is 29.2 Å². The van der Waals surface area contributed by atoms with Crippen molar-refractivity contribution in [1.29, 1.82) is 0 Å². The number of benzene rings is 1. The fraction of sp³-hybridized carbons (Fsp3) is 0.375. The molecule has 0 radical (unpaired) electrons. The van der Waals surface area contributed by atoms with Gasteiger partial charge in [0.2, 0.25) is 0 Å². The fourth-order valence-electron chi connectivity index (χ4n) is 2.97. The highest BCUT2D eigenvalue weighted by Crippen LogP contribution is 2.33. The van der Waals surface area contributed by atoms with Crippen LogP contribution in [0.2, 0.25) is 0 Å². The largest absolute Gasteiger partial charge is 0.497 e. The van der Waals surface area contributed by atoms with E-state index >= 15 is 0 Å². The van der Waals surface area contributed by atoms with Crippen molar-refractivity contribution in [2.24, 2.45) is 0 Å². The molecule has 22 heavy (non-hydrogen) atoms. The van der Waals surface area contributed by atoms with E-state index in [0.717, 1.165) is 37.1 Å². The first-order valence-electron chi connectivity index (χ1n) is 7.45. The van der Waals surface area contributed by atoms with Crippen LogP contribution in [0.5, 0.6) is 5.75 Å². The van der Waals surface area contributed by atoms with Crippen LogP contribution in [0.15, 0.2) is 30.3 Å². The number of nitrogen functional groups attached to an aromatic ring is 1. The topological polar surface area (TPSA) is 84.2 Å². The zero-order valence-corrected chi connectivity index (χ0v) is 12.6. The Kier molecular flexibility index (Phi) is 4.00. The molecule has 1 aliphatic rings. The van der Waals surface area contributed by atoms with Gasteiger partial charge in [-0.2, -0.15) is 5.10 Å². The Balaban J connectivity index is 1.89. The van der Waals surface area contributed by atoms with Crippen molar-refractivity contribution in [3.05, 3.63) is 41.6 Å². The summed E-state index contributed by atoms with van der Waals surface area (Å²) in [5.74, 6) is 1.08. The number of rotatable bonds is 3. The van der Waals surface area contributed by atoms with Crippen LogP contribution in [0.3, 0.4) is 0 Å². The molecule has 3 N–H and O–H groups in total. The number of hydrogen-bond donors (Lipinski definition) is 2. The molecule has 6 nitrogen and oxygen atoms in total. The first-order chi connectivity index (χ1) is 10.7. The van der Waals surface area contributed by atoms with Crippen LogP contribution in [0.25, 0.3) is 0 Å². The highest BCUT2D eigenvalue weighted by molar-refractivity contribution is 5.93. The molecular weight excluding hydrogens is 280 g/mol. The average molecular weight is 300 g/mol. The second-order valence-electron chi connectivity index (χ2n) is 5.49. The third-order valence-electron chi connectivity index (χ3n) is 4.07. The smallest absolute Gasteiger partial charge is 0.272 e. The summed E-state index contributed by atoms with van der Waals surface area (Å²) in [6.45, 7) is 0.736. The Bertz CT molecular complexity index is 668. The number of amides is 1. The number of hydrogen-bond acceptors (Lipinski definition) is 4. The minimum atomic E-state index is -0.0586. The highest BCUT2D eigenvalue weighted by atomic mass is 16.5. The maximum Gasteiger partial charge on any atom is 0.272 e. The van der Waals surface area contributed by atoms with E-state index < -0.39 is 0 Å². The zero-order chi connectivity index (χ0) is 15.5. The molecule has 2 heterocycles. The average Bonchev–Trinajstić information content (AvgIpc) is 3.00. The number of piperidine rings is 1. The van der Waals surface area contributed by atoms with Crippen molar-refractivity contribution < 1.29 is 9.53 Å². The van der Waals surface area contributed by atoms with Gasteiger partial charge in [0.15, 0.2) is 0 Å². The zero-order valence-electron chi connectivity index (χ0n) is 12.6. The van der Waals surface area contributed by atoms with Crippen molar-refractivity contribution in [2.75, 3.05) is 19.4 Å². The summed E-state index contributed by atoms with van der Waals surface area (Å²) in [5.41, 5.74) is 7.13. The van der Waals surface area contributed by atoms with Crippen LogP contribution in [-0.2, 0) is 0 Å². The number of H-pyrrole nitrogens is 1. The van der Waals surface area contributed by atoms with Crippen molar-refractivity contribution in [1.82, 2.24) is 15.1 Å². The number of anilines is 1. The van der Waals surface area contributed by atoms with Crippen molar-refractivity contribution in [3.8, 4) is 5.75 Å². The Morgan fingerprint density at radius 3 is 3.00 bits per heavy atom. The Morgan fingerprint density at radius 2 is 2.27 bits per heavy atom. The molecule has 0 unspecified atom stereocenters. The molecule has 6 heteroatoms. The van der Waals surface area contributed by atoms with E-state index in [-0.39, 0.29) is 11.9 Å². The van der Waals surface area contributed by atoms with Gasteiger partial charge in [-0.05, 0) is 37.0 Å². The van der Waals surface area contributed by atoms with Crippen LogP contribution >= 0.6 is 0 Å². The first kappa shape index (κ1) is 14.4. The predicted molar refractivity (Wildman–Crippen MR) is 83.6 cm³/mol. The lowest BCUT2D eigenvalue weighted by Gasteiger charge is -2.36. The number of aromatic nitrogens is 2. The van der Waals surface area contributed by atoms with Crippen LogP contribution < -0.4 is 10.5 Å². The van der Waals surface area contributed by atoms with Gasteiger partial charge in [-0.3, -0.25) is 9.89 Å². The summed E-state index contributed by atoms with van der Waals surface area (Å²) in [4.78, 5) is 14.6. The standard InChI is InChI=1S/C16H20N4O2/c1-22-12-6-4-5-11(9-12)14-7-2-3-8-20(14)16(21)13-10-15(17)19-18-13/h4-6,9-10,14H,2-3,7-8H2,1H3,(H3,17,18,19)/t14-/m1/s1. The number of carbonyl (C=O) groups is 1. The lowest BCUT2D eigenvalue weighted by molar-refractivity contribution is 0.0605. The summed E-state index contributed by atoms with van der Waals surface area (Å²) in [7, 11) is 1.65. The monoisotopic (exact) mass is 300 g/mol. The van der Waals surface area contributed by atoms with Gasteiger partial charge in [-0.25, -0.2) is 0 Å². The molecule has 0 aliphatic carbocycles. The summed E-state index contributed by atoms with van der Waals surface area (Å²) < 4.78 is 5.29. The number of ether oxygens (including phenoxy) is 1. The Hall–Kier alpha value is -2.50. The lowest BCUT2D eigenvalue weighted by Crippen LogP contribution is -2.38. The first-order valence-corrected chi connectivity index (χ1v) is 7.45. The SMILES string of the molecule is COc1cccc([C@H]2CCCCN2C(=O)c2cc(N)n[nH]2)c1. The van der Waals surface area contributed by atoms with E-state index in [1.54, 1.807) is 13.2 Å². The van der Waals surface area contributed by atoms with E-state index in [2.05, 4.69) is 10.2 Å². The molecule has 0 spiro atoms. The minimum absolute atomic E-state index is 0.0564. The number of carbonyl (C=O) groups excluding carboxylic acids is 1. The third-order valence-corrected chi connectivity index (χ3v) is 4.07. The van der Waals surface area contributed by atoms with Gasteiger partial charge in [-0.1, -0.05) is 12.1 Å². The summed E-state index contributed by atoms with van der Waals surface area (Å²) in [6, 6.07) is 9.55. The minimum Gasteiger partial charge on any atom is -0.497 e.